The van der Waals surface area contributed by atoms with Crippen LogP contribution in [0.1, 0.15) is 44.7 Å². The van der Waals surface area contributed by atoms with Gasteiger partial charge in [0, 0.05) is 13.0 Å². The monoisotopic (exact) mass is 661 g/mol. The van der Waals surface area contributed by atoms with E-state index in [1.54, 1.807) is 48.6 Å². The van der Waals surface area contributed by atoms with Gasteiger partial charge in [0.15, 0.2) is 0 Å². The summed E-state index contributed by atoms with van der Waals surface area (Å²) in [6.45, 7) is 3.52. The van der Waals surface area contributed by atoms with Crippen LogP contribution in [-0.4, -0.2) is 77.2 Å². The highest BCUT2D eigenvalue weighted by Crippen LogP contribution is 2.56. The van der Waals surface area contributed by atoms with Crippen LogP contribution in [0.3, 0.4) is 0 Å². The van der Waals surface area contributed by atoms with Gasteiger partial charge in [-0.1, -0.05) is 98.6 Å². The van der Waals surface area contributed by atoms with Gasteiger partial charge < -0.3 is 29.7 Å². The maximum absolute atomic E-state index is 15.0. The molecule has 1 spiro atoms. The smallest absolute Gasteiger partial charge is 0.306 e. The highest BCUT2D eigenvalue weighted by molar-refractivity contribution is 6.34. The number of likely N-dealkylation sites (tertiary alicyclic amines) is 1. The number of hydrogen-bond donors (Lipinski definition) is 2. The minimum Gasteiger partial charge on any atom is -0.463 e. The Morgan fingerprint density at radius 3 is 2.51 bits per heavy atom. The number of benzene rings is 2. The molecule has 10 nitrogen and oxygen atoms in total. The summed E-state index contributed by atoms with van der Waals surface area (Å²) in [5.74, 6) is -3.89. The number of nitrogens with one attached hydrogen (secondary N) is 1. The van der Waals surface area contributed by atoms with Gasteiger partial charge in [0.05, 0.1) is 47.3 Å². The molecule has 0 saturated carbocycles. The van der Waals surface area contributed by atoms with Crippen molar-refractivity contribution in [3.8, 4) is 0 Å². The van der Waals surface area contributed by atoms with Gasteiger partial charge in [0.2, 0.25) is 11.8 Å². The van der Waals surface area contributed by atoms with Crippen molar-refractivity contribution < 1.29 is 33.8 Å². The molecule has 0 radical (unpaired) electrons. The minimum absolute atomic E-state index is 0.0930. The zero-order chi connectivity index (χ0) is 33.3. The van der Waals surface area contributed by atoms with E-state index in [0.29, 0.717) is 23.6 Å². The van der Waals surface area contributed by atoms with Crippen molar-refractivity contribution in [2.24, 2.45) is 17.8 Å². The van der Waals surface area contributed by atoms with Crippen molar-refractivity contribution in [2.75, 3.05) is 24.7 Å². The number of rotatable bonds is 6. The number of anilines is 1. The summed E-state index contributed by atoms with van der Waals surface area (Å²) in [5, 5.41) is 14.1. The lowest BCUT2D eigenvalue weighted by Crippen LogP contribution is -2.59. The number of fused-ring (bicyclic) bond motifs is 2. The van der Waals surface area contributed by atoms with Crippen LogP contribution in [0.5, 0.6) is 0 Å². The Hall–Kier alpha value is -3.99. The highest BCUT2D eigenvalue weighted by atomic mass is 35.5. The summed E-state index contributed by atoms with van der Waals surface area (Å²) < 4.78 is 12.2. The van der Waals surface area contributed by atoms with Gasteiger partial charge in [-0.25, -0.2) is 0 Å². The van der Waals surface area contributed by atoms with Gasteiger partial charge in [-0.2, -0.15) is 0 Å². The number of allylic oxidation sites excluding steroid dienone is 1. The van der Waals surface area contributed by atoms with Crippen molar-refractivity contribution in [3.05, 3.63) is 89.5 Å². The second-order valence-electron chi connectivity index (χ2n) is 12.6. The topological polar surface area (TPSA) is 125 Å². The number of amides is 3. The molecule has 47 heavy (non-hydrogen) atoms. The molecule has 3 amide bonds. The molecule has 2 aromatic rings. The van der Waals surface area contributed by atoms with E-state index in [1.807, 2.05) is 44.2 Å². The van der Waals surface area contributed by atoms with Crippen LogP contribution in [0.25, 0.3) is 0 Å². The van der Waals surface area contributed by atoms with E-state index in [0.717, 1.165) is 5.56 Å². The Kier molecular flexibility index (Phi) is 9.55. The predicted octanol–water partition coefficient (Wildman–Crippen LogP) is 3.98. The standard InChI is InChI=1S/C36H40ClN3O7/c1-3-22(2)27(20-41)40-32-35(45)39(26-15-10-9-14-24(26)37)19-11-5-8-16-29(42)46-21-25(23-12-6-4-7-13-23)38-33(43)30-28-17-18-36(32,47-28)31(30)34(40)44/h4-7,9-15,17-18,22,25,27-28,30-32,41H,3,8,16,19-21H2,1-2H3,(H,38,43)/b11-5-/t22-,25+,27-,28+,30-,31-,32+,36-/m0/s1. The molecule has 2 aromatic carbocycles. The number of aliphatic hydroxyl groups is 1. The number of para-hydroxylation sites is 1. The van der Waals surface area contributed by atoms with E-state index in [-0.39, 0.29) is 32.1 Å². The van der Waals surface area contributed by atoms with Gasteiger partial charge in [0.1, 0.15) is 18.2 Å². The third-order valence-electron chi connectivity index (χ3n) is 10.0. The first-order valence-electron chi connectivity index (χ1n) is 16.2. The number of ether oxygens (including phenoxy) is 2. The largest absolute Gasteiger partial charge is 0.463 e. The Labute approximate surface area is 279 Å². The second-order valence-corrected chi connectivity index (χ2v) is 13.1. The van der Waals surface area contributed by atoms with Crippen LogP contribution >= 0.6 is 11.6 Å². The Bertz CT molecular complexity index is 1580. The van der Waals surface area contributed by atoms with Gasteiger partial charge in [0.25, 0.3) is 5.91 Å². The zero-order valence-corrected chi connectivity index (χ0v) is 27.2. The van der Waals surface area contributed by atoms with Crippen molar-refractivity contribution in [2.45, 2.75) is 62.9 Å². The SMILES string of the molecule is CC[C@H](C)[C@H](CO)N1C(=O)[C@@H]2[C@H]3C(=O)N[C@@H](c4ccccc4)COC(=O)CC/C=C\CN(c4ccccc4Cl)C(=O)[C@@H]1[C@]21C=C[C@H]3O1. The second kappa shape index (κ2) is 13.6. The Balaban J connectivity index is 1.48. The lowest BCUT2D eigenvalue weighted by atomic mass is 9.74. The first-order chi connectivity index (χ1) is 22.7. The molecule has 2 saturated heterocycles. The molecule has 4 aliphatic rings. The summed E-state index contributed by atoms with van der Waals surface area (Å²) in [4.78, 5) is 59.6. The van der Waals surface area contributed by atoms with E-state index in [4.69, 9.17) is 21.1 Å². The molecule has 248 valence electrons. The number of hydrogen-bond acceptors (Lipinski definition) is 7. The third-order valence-corrected chi connectivity index (χ3v) is 10.3. The summed E-state index contributed by atoms with van der Waals surface area (Å²) in [5.41, 5.74) is -0.275. The molecular formula is C36H40ClN3O7. The van der Waals surface area contributed by atoms with Crippen molar-refractivity contribution in [3.63, 3.8) is 0 Å². The van der Waals surface area contributed by atoms with Crippen LogP contribution in [0.4, 0.5) is 5.69 Å². The van der Waals surface area contributed by atoms with Crippen LogP contribution in [0.2, 0.25) is 5.02 Å². The quantitative estimate of drug-likeness (QED) is 0.354. The fraction of sp³-hybridized carbons (Fsp3) is 0.444. The molecule has 0 aliphatic carbocycles. The first-order valence-corrected chi connectivity index (χ1v) is 16.6. The van der Waals surface area contributed by atoms with Crippen LogP contribution in [-0.2, 0) is 28.7 Å². The molecule has 8 atom stereocenters. The van der Waals surface area contributed by atoms with E-state index < -0.39 is 65.4 Å². The molecule has 11 heteroatoms. The third kappa shape index (κ3) is 5.87. The van der Waals surface area contributed by atoms with Crippen LogP contribution in [0, 0.1) is 17.8 Å². The number of halogens is 1. The van der Waals surface area contributed by atoms with Gasteiger partial charge in [-0.15, -0.1) is 0 Å². The van der Waals surface area contributed by atoms with Gasteiger partial charge >= 0.3 is 5.97 Å². The predicted molar refractivity (Wildman–Crippen MR) is 175 cm³/mol. The summed E-state index contributed by atoms with van der Waals surface area (Å²) in [6.07, 6.45) is 7.44. The van der Waals surface area contributed by atoms with Crippen LogP contribution in [0.15, 0.2) is 78.9 Å². The fourth-order valence-corrected chi connectivity index (χ4v) is 7.64. The normalized spacial score (nSPS) is 31.4. The maximum atomic E-state index is 15.0. The number of aliphatic hydroxyl groups excluding tert-OH is 1. The van der Waals surface area contributed by atoms with Gasteiger partial charge in [-0.05, 0) is 30.0 Å². The van der Waals surface area contributed by atoms with Crippen molar-refractivity contribution in [1.29, 1.82) is 0 Å². The number of nitrogens with zero attached hydrogens (tertiary/aromatic N) is 2. The molecule has 6 rings (SSSR count). The fourth-order valence-electron chi connectivity index (χ4n) is 7.41. The number of carbonyl (C=O) groups is 4. The summed E-state index contributed by atoms with van der Waals surface area (Å²) in [6, 6.07) is 13.6. The highest BCUT2D eigenvalue weighted by Gasteiger charge is 2.74. The number of esters is 1. The minimum atomic E-state index is -1.45. The number of cyclic esters (lactones) is 1. The van der Waals surface area contributed by atoms with Crippen molar-refractivity contribution in [1.82, 2.24) is 10.2 Å². The molecular weight excluding hydrogens is 622 g/mol. The first kappa shape index (κ1) is 32.9. The maximum Gasteiger partial charge on any atom is 0.306 e. The van der Waals surface area contributed by atoms with Crippen molar-refractivity contribution >= 4 is 41.0 Å². The van der Waals surface area contributed by atoms with E-state index in [2.05, 4.69) is 5.32 Å². The molecule has 4 heterocycles. The molecule has 5 bridgehead atoms. The molecule has 2 N–H and O–H groups in total. The number of carbonyl (C=O) groups excluding carboxylic acids is 4. The molecule has 0 unspecified atom stereocenters. The van der Waals surface area contributed by atoms with Gasteiger partial charge in [-0.3, -0.25) is 19.2 Å². The van der Waals surface area contributed by atoms with E-state index in [9.17, 15) is 19.5 Å². The average molecular weight is 662 g/mol. The van der Waals surface area contributed by atoms with E-state index >= 15 is 4.79 Å². The lowest BCUT2D eigenvalue weighted by molar-refractivity contribution is -0.147. The Morgan fingerprint density at radius 2 is 1.79 bits per heavy atom. The lowest BCUT2D eigenvalue weighted by Gasteiger charge is -2.40. The molecule has 2 fully saturated rings. The Morgan fingerprint density at radius 1 is 1.04 bits per heavy atom. The van der Waals surface area contributed by atoms with E-state index in [1.165, 1.54) is 9.80 Å². The molecule has 0 aromatic heterocycles. The summed E-state index contributed by atoms with van der Waals surface area (Å²) in [7, 11) is 0. The summed E-state index contributed by atoms with van der Waals surface area (Å²) >= 11 is 6.64. The van der Waals surface area contributed by atoms with Crippen LogP contribution < -0.4 is 10.2 Å². The average Bonchev–Trinajstić information content (AvgIpc) is 3.72. The zero-order valence-electron chi connectivity index (χ0n) is 26.5. The molecule has 4 aliphatic heterocycles.